The van der Waals surface area contributed by atoms with Crippen molar-refractivity contribution in [1.82, 2.24) is 9.97 Å². The Morgan fingerprint density at radius 2 is 2.26 bits per heavy atom. The average Bonchev–Trinajstić information content (AvgIpc) is 2.52. The van der Waals surface area contributed by atoms with E-state index in [9.17, 15) is 14.0 Å². The second kappa shape index (κ2) is 6.20. The lowest BCUT2D eigenvalue weighted by molar-refractivity contribution is 0.313. The zero-order chi connectivity index (χ0) is 16.4. The van der Waals surface area contributed by atoms with Gasteiger partial charge in [-0.3, -0.25) is 9.78 Å². The summed E-state index contributed by atoms with van der Waals surface area (Å²) >= 11 is 0. The molecule has 0 saturated heterocycles. The monoisotopic (exact) mass is 318 g/mol. The molecule has 1 N–H and O–H groups in total. The number of fused-ring (bicyclic) bond motifs is 1. The fourth-order valence-electron chi connectivity index (χ4n) is 2.45. The standard InChI is InChI=1S/C16H15FN2O4/c1-2-9-7-12(20)23-15-13(9)14(21)18-16(19-15)22-8-10-5-3-4-6-11(10)17/h4,6-7H,2-3,5,8H2,1H3,(H,18,19,21). The Morgan fingerprint density at radius 1 is 1.43 bits per heavy atom. The molecule has 1 aliphatic carbocycles. The summed E-state index contributed by atoms with van der Waals surface area (Å²) in [4.78, 5) is 30.2. The maximum absolute atomic E-state index is 13.6. The summed E-state index contributed by atoms with van der Waals surface area (Å²) in [6.45, 7) is 1.80. The van der Waals surface area contributed by atoms with Gasteiger partial charge in [-0.05, 0) is 30.9 Å². The Morgan fingerprint density at radius 3 is 3.00 bits per heavy atom. The first kappa shape index (κ1) is 15.2. The van der Waals surface area contributed by atoms with Crippen molar-refractivity contribution in [2.24, 2.45) is 0 Å². The molecule has 0 aliphatic heterocycles. The summed E-state index contributed by atoms with van der Waals surface area (Å²) < 4.78 is 23.9. The van der Waals surface area contributed by atoms with Crippen LogP contribution < -0.4 is 15.9 Å². The van der Waals surface area contributed by atoms with E-state index in [1.165, 1.54) is 12.1 Å². The van der Waals surface area contributed by atoms with Crippen molar-refractivity contribution < 1.29 is 13.5 Å². The number of hydrogen-bond donors (Lipinski definition) is 1. The third kappa shape index (κ3) is 3.08. The van der Waals surface area contributed by atoms with Crippen LogP contribution in [0.2, 0.25) is 0 Å². The van der Waals surface area contributed by atoms with Gasteiger partial charge in [0.25, 0.3) is 11.6 Å². The molecule has 2 aromatic heterocycles. The Labute approximate surface area is 130 Å². The second-order valence-electron chi connectivity index (χ2n) is 5.18. The van der Waals surface area contributed by atoms with E-state index in [1.807, 2.05) is 6.92 Å². The maximum Gasteiger partial charge on any atom is 0.337 e. The highest BCUT2D eigenvalue weighted by atomic mass is 19.1. The predicted octanol–water partition coefficient (Wildman–Crippen LogP) is 2.39. The first-order valence-electron chi connectivity index (χ1n) is 7.32. The molecular formula is C16H15FN2O4. The van der Waals surface area contributed by atoms with E-state index >= 15 is 0 Å². The summed E-state index contributed by atoms with van der Waals surface area (Å²) in [5, 5.41) is 0.227. The number of aromatic nitrogens is 2. The second-order valence-corrected chi connectivity index (χ2v) is 5.18. The fourth-order valence-corrected chi connectivity index (χ4v) is 2.45. The zero-order valence-electron chi connectivity index (χ0n) is 12.5. The SMILES string of the molecule is CCc1cc(=O)oc2nc(OCC3=C(F)C=CCC3)[nH]c(=O)c12. The third-order valence-electron chi connectivity index (χ3n) is 3.65. The molecule has 2 heterocycles. The van der Waals surface area contributed by atoms with Crippen LogP contribution in [0, 0.1) is 0 Å². The van der Waals surface area contributed by atoms with Gasteiger partial charge in [-0.1, -0.05) is 13.0 Å². The topological polar surface area (TPSA) is 85.2 Å². The van der Waals surface area contributed by atoms with Crippen molar-refractivity contribution in [3.63, 3.8) is 0 Å². The van der Waals surface area contributed by atoms with Crippen LogP contribution >= 0.6 is 0 Å². The number of ether oxygens (including phenoxy) is 1. The smallest absolute Gasteiger partial charge is 0.337 e. The molecular weight excluding hydrogens is 303 g/mol. The number of nitrogens with one attached hydrogen (secondary N) is 1. The highest BCUT2D eigenvalue weighted by Gasteiger charge is 2.14. The van der Waals surface area contributed by atoms with Crippen LogP contribution in [0.5, 0.6) is 6.01 Å². The lowest BCUT2D eigenvalue weighted by Gasteiger charge is -2.11. The average molecular weight is 318 g/mol. The van der Waals surface area contributed by atoms with Gasteiger partial charge in [0.15, 0.2) is 0 Å². The number of allylic oxidation sites excluding steroid dienone is 3. The van der Waals surface area contributed by atoms with Gasteiger partial charge in [-0.15, -0.1) is 0 Å². The van der Waals surface area contributed by atoms with Crippen LogP contribution in [0.1, 0.15) is 25.3 Å². The highest BCUT2D eigenvalue weighted by molar-refractivity contribution is 5.75. The molecule has 120 valence electrons. The van der Waals surface area contributed by atoms with Gasteiger partial charge in [0.2, 0.25) is 5.71 Å². The van der Waals surface area contributed by atoms with Gasteiger partial charge in [-0.25, -0.2) is 9.18 Å². The molecule has 0 unspecified atom stereocenters. The number of nitrogens with zero attached hydrogens (tertiary/aromatic N) is 1. The van der Waals surface area contributed by atoms with E-state index < -0.39 is 11.2 Å². The Hall–Kier alpha value is -2.70. The molecule has 1 aliphatic rings. The minimum absolute atomic E-state index is 0.0255. The fraction of sp³-hybridized carbons (Fsp3) is 0.312. The largest absolute Gasteiger partial charge is 0.460 e. The van der Waals surface area contributed by atoms with Crippen molar-refractivity contribution >= 4 is 11.1 Å². The minimum atomic E-state index is -0.579. The van der Waals surface area contributed by atoms with E-state index in [2.05, 4.69) is 9.97 Å². The molecule has 0 bridgehead atoms. The third-order valence-corrected chi connectivity index (χ3v) is 3.65. The van der Waals surface area contributed by atoms with E-state index in [0.29, 0.717) is 24.0 Å². The van der Waals surface area contributed by atoms with Crippen LogP contribution in [0.15, 0.2) is 43.6 Å². The number of rotatable bonds is 4. The van der Waals surface area contributed by atoms with E-state index in [4.69, 9.17) is 9.15 Å². The summed E-state index contributed by atoms with van der Waals surface area (Å²) in [7, 11) is 0. The molecule has 0 aromatic carbocycles. The minimum Gasteiger partial charge on any atom is -0.460 e. The lowest BCUT2D eigenvalue weighted by Crippen LogP contribution is -2.16. The Balaban J connectivity index is 1.95. The van der Waals surface area contributed by atoms with Gasteiger partial charge < -0.3 is 9.15 Å². The molecule has 2 aromatic rings. The molecule has 6 nitrogen and oxygen atoms in total. The predicted molar refractivity (Wildman–Crippen MR) is 82.3 cm³/mol. The number of aromatic amines is 1. The quantitative estimate of drug-likeness (QED) is 0.935. The van der Waals surface area contributed by atoms with E-state index in [0.717, 1.165) is 6.42 Å². The number of hydrogen-bond acceptors (Lipinski definition) is 5. The molecule has 7 heteroatoms. The molecule has 0 spiro atoms. The van der Waals surface area contributed by atoms with E-state index in [1.54, 1.807) is 6.08 Å². The number of aryl methyl sites for hydroxylation is 1. The van der Waals surface area contributed by atoms with Gasteiger partial charge in [0, 0.05) is 11.6 Å². The summed E-state index contributed by atoms with van der Waals surface area (Å²) in [5.74, 6) is -0.334. The zero-order valence-corrected chi connectivity index (χ0v) is 12.5. The highest BCUT2D eigenvalue weighted by Crippen LogP contribution is 2.21. The Bertz CT molecular complexity index is 924. The lowest BCUT2D eigenvalue weighted by atomic mass is 10.1. The van der Waals surface area contributed by atoms with Gasteiger partial charge in [-0.2, -0.15) is 4.98 Å². The normalized spacial score (nSPS) is 14.5. The first-order valence-corrected chi connectivity index (χ1v) is 7.32. The van der Waals surface area contributed by atoms with Crippen LogP contribution in [-0.4, -0.2) is 16.6 Å². The molecule has 0 fully saturated rings. The molecule has 0 saturated carbocycles. The number of H-pyrrole nitrogens is 1. The van der Waals surface area contributed by atoms with Gasteiger partial charge in [0.05, 0.1) is 0 Å². The van der Waals surface area contributed by atoms with Crippen LogP contribution in [0.25, 0.3) is 11.1 Å². The van der Waals surface area contributed by atoms with Crippen LogP contribution in [-0.2, 0) is 6.42 Å². The molecule has 0 amide bonds. The Kier molecular flexibility index (Phi) is 4.10. The van der Waals surface area contributed by atoms with Crippen LogP contribution in [0.4, 0.5) is 4.39 Å². The molecule has 3 rings (SSSR count). The molecule has 23 heavy (non-hydrogen) atoms. The van der Waals surface area contributed by atoms with E-state index in [-0.39, 0.29) is 29.5 Å². The maximum atomic E-state index is 13.6. The van der Waals surface area contributed by atoms with Gasteiger partial charge in [0.1, 0.15) is 17.8 Å². The van der Waals surface area contributed by atoms with Gasteiger partial charge >= 0.3 is 5.63 Å². The van der Waals surface area contributed by atoms with Crippen molar-refractivity contribution in [2.75, 3.05) is 6.61 Å². The number of halogens is 1. The summed E-state index contributed by atoms with van der Waals surface area (Å²) in [5.41, 5.74) is -0.0546. The van der Waals surface area contributed by atoms with Crippen molar-refractivity contribution in [3.8, 4) is 6.01 Å². The summed E-state index contributed by atoms with van der Waals surface area (Å²) in [6, 6.07) is 1.17. The van der Waals surface area contributed by atoms with Crippen molar-refractivity contribution in [3.05, 3.63) is 56.0 Å². The molecule has 0 radical (unpaired) electrons. The summed E-state index contributed by atoms with van der Waals surface area (Å²) in [6.07, 6.45) is 4.93. The van der Waals surface area contributed by atoms with Crippen molar-refractivity contribution in [2.45, 2.75) is 26.2 Å². The molecule has 0 atom stereocenters. The van der Waals surface area contributed by atoms with Crippen molar-refractivity contribution in [1.29, 1.82) is 0 Å². The first-order chi connectivity index (χ1) is 11.1. The van der Waals surface area contributed by atoms with Crippen LogP contribution in [0.3, 0.4) is 0 Å².